The van der Waals surface area contributed by atoms with Gasteiger partial charge in [0.25, 0.3) is 0 Å². The zero-order valence-electron chi connectivity index (χ0n) is 15.9. The summed E-state index contributed by atoms with van der Waals surface area (Å²) in [5.41, 5.74) is 2.48. The van der Waals surface area contributed by atoms with Gasteiger partial charge in [0.15, 0.2) is 0 Å². The van der Waals surface area contributed by atoms with Crippen LogP contribution in [0.1, 0.15) is 38.6 Å². The van der Waals surface area contributed by atoms with Crippen LogP contribution in [0.4, 0.5) is 0 Å². The molecule has 0 N–H and O–H groups in total. The van der Waals surface area contributed by atoms with Crippen LogP contribution >= 0.6 is 11.8 Å². The third-order valence-corrected chi connectivity index (χ3v) is 6.33. The minimum Gasteiger partial charge on any atom is -0.350 e. The van der Waals surface area contributed by atoms with Gasteiger partial charge in [0.05, 0.1) is 5.75 Å². The molecule has 1 aliphatic heterocycles. The second-order valence-corrected chi connectivity index (χ2v) is 8.46. The average molecular weight is 360 g/mol. The van der Waals surface area contributed by atoms with Gasteiger partial charge in [-0.05, 0) is 33.8 Å². The van der Waals surface area contributed by atoms with Crippen molar-refractivity contribution in [2.24, 2.45) is 7.05 Å². The number of aromatic nitrogens is 1. The van der Waals surface area contributed by atoms with Gasteiger partial charge in [0.1, 0.15) is 5.37 Å². The van der Waals surface area contributed by atoms with Crippen molar-refractivity contribution in [3.63, 3.8) is 0 Å². The van der Waals surface area contributed by atoms with Gasteiger partial charge in [-0.25, -0.2) is 0 Å². The van der Waals surface area contributed by atoms with E-state index in [1.807, 2.05) is 0 Å². The molecule has 3 rings (SSSR count). The Kier molecular flexibility index (Phi) is 5.44. The Labute approximate surface area is 155 Å². The smallest absolute Gasteiger partial charge is 0.233 e. The maximum atomic E-state index is 12.5. The molecule has 1 aliphatic rings. The summed E-state index contributed by atoms with van der Waals surface area (Å²) in [6.07, 6.45) is 2.19. The van der Waals surface area contributed by atoms with Gasteiger partial charge >= 0.3 is 0 Å². The number of benzene rings is 1. The molecule has 1 fully saturated rings. The lowest BCUT2D eigenvalue weighted by Gasteiger charge is -2.33. The molecule has 5 heteroatoms. The molecule has 0 bridgehead atoms. The van der Waals surface area contributed by atoms with E-state index < -0.39 is 0 Å². The number of carbonyl (C=O) groups is 1. The second-order valence-electron chi connectivity index (χ2n) is 7.39. The number of amides is 1. The van der Waals surface area contributed by atoms with Gasteiger partial charge in [0, 0.05) is 54.9 Å². The lowest BCUT2D eigenvalue weighted by molar-refractivity contribution is -0.128. The number of para-hydroxylation sites is 1. The third-order valence-electron chi connectivity index (χ3n) is 5.09. The molecule has 4 nitrogen and oxygen atoms in total. The molecular weight excluding hydrogens is 330 g/mol. The lowest BCUT2D eigenvalue weighted by atomic mass is 10.1. The highest BCUT2D eigenvalue weighted by molar-refractivity contribution is 8.00. The molecule has 0 aliphatic carbocycles. The molecule has 0 radical (unpaired) electrons. The van der Waals surface area contributed by atoms with E-state index >= 15 is 0 Å². The van der Waals surface area contributed by atoms with E-state index in [0.29, 0.717) is 17.8 Å². The number of hydrogen-bond donors (Lipinski definition) is 0. The first kappa shape index (κ1) is 18.3. The zero-order valence-corrected chi connectivity index (χ0v) is 16.7. The lowest BCUT2D eigenvalue weighted by Crippen LogP contribution is -2.43. The average Bonchev–Trinajstić information content (AvgIpc) is 3.08. The van der Waals surface area contributed by atoms with E-state index in [0.717, 1.165) is 13.1 Å². The fourth-order valence-electron chi connectivity index (χ4n) is 3.86. The van der Waals surface area contributed by atoms with E-state index in [4.69, 9.17) is 0 Å². The zero-order chi connectivity index (χ0) is 18.1. The second kappa shape index (κ2) is 7.42. The highest BCUT2D eigenvalue weighted by Gasteiger charge is 2.34. The first-order chi connectivity index (χ1) is 11.9. The third kappa shape index (κ3) is 3.58. The van der Waals surface area contributed by atoms with Gasteiger partial charge in [-0.15, -0.1) is 11.8 Å². The summed E-state index contributed by atoms with van der Waals surface area (Å²) in [5, 5.41) is 1.38. The van der Waals surface area contributed by atoms with Crippen molar-refractivity contribution < 1.29 is 4.79 Å². The standard InChI is InChI=1S/C20H29N3OS/c1-14(2)22(15(3)4)10-11-23-19(24)13-25-20(23)17-12-21(5)18-9-7-6-8-16(17)18/h6-9,12,14-15,20H,10-11,13H2,1-5H3. The van der Waals surface area contributed by atoms with Crippen molar-refractivity contribution in [3.8, 4) is 0 Å². The van der Waals surface area contributed by atoms with Crippen LogP contribution in [0.5, 0.6) is 0 Å². The van der Waals surface area contributed by atoms with E-state index in [1.165, 1.54) is 16.5 Å². The summed E-state index contributed by atoms with van der Waals surface area (Å²) in [6.45, 7) is 10.6. The molecule has 1 amide bonds. The van der Waals surface area contributed by atoms with Crippen LogP contribution < -0.4 is 0 Å². The Morgan fingerprint density at radius 2 is 1.88 bits per heavy atom. The fourth-order valence-corrected chi connectivity index (χ4v) is 5.10. The number of rotatable bonds is 6. The summed E-state index contributed by atoms with van der Waals surface area (Å²) in [4.78, 5) is 17.1. The number of nitrogens with zero attached hydrogens (tertiary/aromatic N) is 3. The quantitative estimate of drug-likeness (QED) is 0.784. The van der Waals surface area contributed by atoms with Crippen molar-refractivity contribution in [1.82, 2.24) is 14.4 Å². The molecule has 2 heterocycles. The first-order valence-corrected chi connectivity index (χ1v) is 10.2. The minimum atomic E-state index is 0.125. The molecule has 1 unspecified atom stereocenters. The largest absolute Gasteiger partial charge is 0.350 e. The number of thioether (sulfide) groups is 1. The summed E-state index contributed by atoms with van der Waals surface area (Å²) in [5.74, 6) is 0.840. The van der Waals surface area contributed by atoms with Gasteiger partial charge in [-0.3, -0.25) is 9.69 Å². The molecule has 2 aromatic rings. The topological polar surface area (TPSA) is 28.5 Å². The van der Waals surface area contributed by atoms with Crippen LogP contribution in [0, 0.1) is 0 Å². The van der Waals surface area contributed by atoms with Crippen LogP contribution in [0.15, 0.2) is 30.5 Å². The maximum absolute atomic E-state index is 12.5. The summed E-state index contributed by atoms with van der Waals surface area (Å²) in [7, 11) is 2.08. The molecule has 136 valence electrons. The van der Waals surface area contributed by atoms with Gasteiger partial charge < -0.3 is 9.47 Å². The van der Waals surface area contributed by atoms with Crippen LogP contribution in [-0.2, 0) is 11.8 Å². The van der Waals surface area contributed by atoms with Gasteiger partial charge in [0.2, 0.25) is 5.91 Å². The molecule has 0 spiro atoms. The molecule has 25 heavy (non-hydrogen) atoms. The maximum Gasteiger partial charge on any atom is 0.233 e. The Morgan fingerprint density at radius 1 is 1.20 bits per heavy atom. The van der Waals surface area contributed by atoms with Gasteiger partial charge in [-0.2, -0.15) is 0 Å². The van der Waals surface area contributed by atoms with E-state index in [-0.39, 0.29) is 11.3 Å². The summed E-state index contributed by atoms with van der Waals surface area (Å²) >= 11 is 1.75. The number of carbonyl (C=O) groups excluding carboxylic acids is 1. The summed E-state index contributed by atoms with van der Waals surface area (Å²) in [6, 6.07) is 9.43. The first-order valence-electron chi connectivity index (χ1n) is 9.11. The van der Waals surface area contributed by atoms with E-state index in [1.54, 1.807) is 11.8 Å². The fraction of sp³-hybridized carbons (Fsp3) is 0.550. The van der Waals surface area contributed by atoms with Gasteiger partial charge in [-0.1, -0.05) is 18.2 Å². The number of hydrogen-bond acceptors (Lipinski definition) is 3. The molecule has 1 aromatic carbocycles. The van der Waals surface area contributed by atoms with Crippen molar-refractivity contribution in [3.05, 3.63) is 36.0 Å². The Morgan fingerprint density at radius 3 is 2.56 bits per heavy atom. The van der Waals surface area contributed by atoms with Crippen LogP contribution in [0.25, 0.3) is 10.9 Å². The van der Waals surface area contributed by atoms with Crippen molar-refractivity contribution >= 4 is 28.6 Å². The van der Waals surface area contributed by atoms with Crippen LogP contribution in [0.2, 0.25) is 0 Å². The normalized spacial score (nSPS) is 18.5. The van der Waals surface area contributed by atoms with E-state index in [9.17, 15) is 4.79 Å². The highest BCUT2D eigenvalue weighted by Crippen LogP contribution is 2.41. The Balaban J connectivity index is 1.84. The molecule has 1 aromatic heterocycles. The Bertz CT molecular complexity index is 744. The van der Waals surface area contributed by atoms with E-state index in [2.05, 4.69) is 79.6 Å². The number of fused-ring (bicyclic) bond motifs is 1. The van der Waals surface area contributed by atoms with Crippen molar-refractivity contribution in [2.45, 2.75) is 45.2 Å². The minimum absolute atomic E-state index is 0.125. The predicted octanol–water partition coefficient (Wildman–Crippen LogP) is 3.87. The van der Waals surface area contributed by atoms with Crippen LogP contribution in [0.3, 0.4) is 0 Å². The monoisotopic (exact) mass is 359 g/mol. The Hall–Kier alpha value is -1.46. The van der Waals surface area contributed by atoms with Crippen molar-refractivity contribution in [2.75, 3.05) is 18.8 Å². The van der Waals surface area contributed by atoms with Crippen molar-refractivity contribution in [1.29, 1.82) is 0 Å². The molecule has 1 atom stereocenters. The SMILES string of the molecule is CC(C)N(CCN1C(=O)CSC1c1cn(C)c2ccccc12)C(C)C. The van der Waals surface area contributed by atoms with Crippen LogP contribution in [-0.4, -0.2) is 51.2 Å². The molecule has 1 saturated heterocycles. The molecular formula is C20H29N3OS. The summed E-state index contributed by atoms with van der Waals surface area (Å²) < 4.78 is 2.17. The highest BCUT2D eigenvalue weighted by atomic mass is 32.2. The molecule has 0 saturated carbocycles. The predicted molar refractivity (Wildman–Crippen MR) is 107 cm³/mol. The number of aryl methyl sites for hydroxylation is 1.